The van der Waals surface area contributed by atoms with E-state index in [-0.39, 0.29) is 54.3 Å². The highest BCUT2D eigenvalue weighted by molar-refractivity contribution is 5.86. The lowest BCUT2D eigenvalue weighted by Gasteiger charge is -2.42. The third-order valence-electron chi connectivity index (χ3n) is 6.32. The van der Waals surface area contributed by atoms with E-state index in [0.29, 0.717) is 26.1 Å². The fourth-order valence-electron chi connectivity index (χ4n) is 4.65. The monoisotopic (exact) mass is 445 g/mol. The fraction of sp³-hybridized carbons (Fsp3) is 0.609. The van der Waals surface area contributed by atoms with Gasteiger partial charge in [0.2, 0.25) is 11.8 Å². The molecule has 174 valence electrons. The summed E-state index contributed by atoms with van der Waals surface area (Å²) in [5.74, 6) is -0.301. The second-order valence-corrected chi connectivity index (χ2v) is 9.44. The molecule has 3 fully saturated rings. The Bertz CT molecular complexity index is 875. The molecule has 1 aromatic carbocycles. The van der Waals surface area contributed by atoms with Crippen molar-refractivity contribution in [3.63, 3.8) is 0 Å². The quantitative estimate of drug-likeness (QED) is 0.588. The summed E-state index contributed by atoms with van der Waals surface area (Å²) in [5, 5.41) is 8.72. The van der Waals surface area contributed by atoms with Gasteiger partial charge in [0.1, 0.15) is 11.9 Å². The molecule has 3 aliphatic rings. The van der Waals surface area contributed by atoms with Crippen LogP contribution in [0.1, 0.15) is 38.7 Å². The fourth-order valence-corrected chi connectivity index (χ4v) is 4.65. The van der Waals surface area contributed by atoms with Gasteiger partial charge in [0.25, 0.3) is 0 Å². The van der Waals surface area contributed by atoms with E-state index in [4.69, 9.17) is 0 Å². The summed E-state index contributed by atoms with van der Waals surface area (Å²) in [4.78, 5) is 41.6. The minimum atomic E-state index is -0.513. The molecule has 3 N–H and O–H groups in total. The molecule has 0 radical (unpaired) electrons. The minimum absolute atomic E-state index is 0.00282. The first-order valence-electron chi connectivity index (χ1n) is 11.4. The average Bonchev–Trinajstić information content (AvgIpc) is 3.48. The minimum Gasteiger partial charge on any atom is -0.354 e. The molecule has 4 rings (SSSR count). The molecule has 1 saturated carbocycles. The third-order valence-corrected chi connectivity index (χ3v) is 6.32. The first-order valence-corrected chi connectivity index (χ1v) is 11.4. The number of nitrogens with zero attached hydrogens (tertiary/aromatic N) is 2. The Hall–Kier alpha value is -2.68. The zero-order chi connectivity index (χ0) is 22.8. The first kappa shape index (κ1) is 22.5. The van der Waals surface area contributed by atoms with E-state index >= 15 is 0 Å². The Morgan fingerprint density at radius 2 is 2.00 bits per heavy atom. The van der Waals surface area contributed by atoms with Gasteiger partial charge in [-0.3, -0.25) is 14.5 Å². The van der Waals surface area contributed by atoms with Crippen molar-refractivity contribution in [1.29, 1.82) is 0 Å². The van der Waals surface area contributed by atoms with Crippen LogP contribution in [0.15, 0.2) is 24.3 Å². The van der Waals surface area contributed by atoms with E-state index in [1.54, 1.807) is 6.07 Å². The molecule has 1 aliphatic carbocycles. The van der Waals surface area contributed by atoms with Crippen molar-refractivity contribution in [2.45, 2.75) is 63.8 Å². The van der Waals surface area contributed by atoms with Gasteiger partial charge in [0.05, 0.1) is 6.04 Å². The predicted molar refractivity (Wildman–Crippen MR) is 117 cm³/mol. The van der Waals surface area contributed by atoms with Crippen LogP contribution in [-0.4, -0.2) is 71.4 Å². The SMILES string of the molecule is CC(C)NC(=O)N[C@H]1C[C@H]2CN(Cc3cccc(F)c3)[C@@H](CNC(=O)C3CC3)C(=O)N2C1. The standard InChI is InChI=1S/C23H32FN5O3/c1-14(2)26-23(32)27-18-9-19-13-28(11-15-4-3-5-17(24)8-15)20(22(31)29(19)12-18)10-25-21(30)16-6-7-16/h3-5,8,14,16,18-20H,6-7,9-13H2,1-2H3,(H,25,30)(H2,26,27,32)/t18-,19-,20-/m0/s1. The van der Waals surface area contributed by atoms with Gasteiger partial charge in [-0.15, -0.1) is 0 Å². The Labute approximate surface area is 187 Å². The number of piperazine rings is 1. The van der Waals surface area contributed by atoms with Crippen molar-refractivity contribution < 1.29 is 18.8 Å². The normalized spacial score (nSPS) is 25.6. The summed E-state index contributed by atoms with van der Waals surface area (Å²) in [6, 6.07) is 5.50. The number of carbonyl (C=O) groups excluding carboxylic acids is 3. The number of nitrogens with one attached hydrogen (secondary N) is 3. The lowest BCUT2D eigenvalue weighted by molar-refractivity contribution is -0.144. The molecule has 9 heteroatoms. The van der Waals surface area contributed by atoms with Gasteiger partial charge >= 0.3 is 6.03 Å². The van der Waals surface area contributed by atoms with Crippen LogP contribution in [0.2, 0.25) is 0 Å². The van der Waals surface area contributed by atoms with Crippen molar-refractivity contribution in [1.82, 2.24) is 25.8 Å². The molecule has 2 heterocycles. The van der Waals surface area contributed by atoms with Gasteiger partial charge in [-0.05, 0) is 50.8 Å². The molecule has 0 bridgehead atoms. The maximum Gasteiger partial charge on any atom is 0.315 e. The van der Waals surface area contributed by atoms with Crippen LogP contribution in [0.4, 0.5) is 9.18 Å². The molecule has 2 aliphatic heterocycles. The number of hydrogen-bond donors (Lipinski definition) is 3. The average molecular weight is 446 g/mol. The lowest BCUT2D eigenvalue weighted by atomic mass is 10.0. The second-order valence-electron chi connectivity index (χ2n) is 9.44. The van der Waals surface area contributed by atoms with Gasteiger partial charge in [-0.2, -0.15) is 0 Å². The van der Waals surface area contributed by atoms with Crippen LogP contribution in [-0.2, 0) is 16.1 Å². The van der Waals surface area contributed by atoms with Crippen molar-refractivity contribution in [3.05, 3.63) is 35.6 Å². The Balaban J connectivity index is 1.46. The van der Waals surface area contributed by atoms with E-state index in [2.05, 4.69) is 16.0 Å². The van der Waals surface area contributed by atoms with Crippen molar-refractivity contribution >= 4 is 17.8 Å². The largest absolute Gasteiger partial charge is 0.354 e. The van der Waals surface area contributed by atoms with E-state index in [1.807, 2.05) is 29.7 Å². The maximum atomic E-state index is 13.7. The molecule has 0 unspecified atom stereocenters. The highest BCUT2D eigenvalue weighted by Crippen LogP contribution is 2.30. The summed E-state index contributed by atoms with van der Waals surface area (Å²) >= 11 is 0. The summed E-state index contributed by atoms with van der Waals surface area (Å²) in [6.45, 7) is 5.51. The molecule has 8 nitrogen and oxygen atoms in total. The number of rotatable bonds is 7. The number of urea groups is 1. The van der Waals surface area contributed by atoms with Crippen molar-refractivity contribution in [2.24, 2.45) is 5.92 Å². The Kier molecular flexibility index (Phi) is 6.64. The van der Waals surface area contributed by atoms with Crippen LogP contribution in [0, 0.1) is 11.7 Å². The number of amides is 4. The van der Waals surface area contributed by atoms with Gasteiger partial charge < -0.3 is 20.9 Å². The Morgan fingerprint density at radius 1 is 1.22 bits per heavy atom. The van der Waals surface area contributed by atoms with Crippen LogP contribution in [0.5, 0.6) is 0 Å². The topological polar surface area (TPSA) is 93.8 Å². The Morgan fingerprint density at radius 3 is 2.69 bits per heavy atom. The molecule has 2 saturated heterocycles. The van der Waals surface area contributed by atoms with E-state index in [9.17, 15) is 18.8 Å². The number of hydrogen-bond acceptors (Lipinski definition) is 4. The zero-order valence-corrected chi connectivity index (χ0v) is 18.6. The zero-order valence-electron chi connectivity index (χ0n) is 18.6. The molecule has 3 atom stereocenters. The van der Waals surface area contributed by atoms with Crippen LogP contribution in [0.25, 0.3) is 0 Å². The second kappa shape index (κ2) is 9.44. The molecular weight excluding hydrogens is 413 g/mol. The molecular formula is C23H32FN5O3. The van der Waals surface area contributed by atoms with E-state index < -0.39 is 6.04 Å². The van der Waals surface area contributed by atoms with E-state index in [1.165, 1.54) is 12.1 Å². The van der Waals surface area contributed by atoms with Crippen LogP contribution < -0.4 is 16.0 Å². The van der Waals surface area contributed by atoms with Crippen molar-refractivity contribution in [3.8, 4) is 0 Å². The molecule has 32 heavy (non-hydrogen) atoms. The van der Waals surface area contributed by atoms with E-state index in [0.717, 1.165) is 18.4 Å². The third kappa shape index (κ3) is 5.38. The molecule has 1 aromatic rings. The van der Waals surface area contributed by atoms with Gasteiger partial charge in [0.15, 0.2) is 0 Å². The van der Waals surface area contributed by atoms with Crippen LogP contribution in [0.3, 0.4) is 0 Å². The van der Waals surface area contributed by atoms with Crippen molar-refractivity contribution in [2.75, 3.05) is 19.6 Å². The smallest absolute Gasteiger partial charge is 0.315 e. The van der Waals surface area contributed by atoms with Gasteiger partial charge in [0, 0.05) is 44.2 Å². The first-order chi connectivity index (χ1) is 15.3. The van der Waals surface area contributed by atoms with Gasteiger partial charge in [-0.1, -0.05) is 12.1 Å². The maximum absolute atomic E-state index is 13.7. The summed E-state index contributed by atoms with van der Waals surface area (Å²) in [7, 11) is 0. The van der Waals surface area contributed by atoms with Crippen LogP contribution >= 0.6 is 0 Å². The number of halogens is 1. The number of carbonyl (C=O) groups is 3. The van der Waals surface area contributed by atoms with Gasteiger partial charge in [-0.25, -0.2) is 9.18 Å². The summed E-state index contributed by atoms with van der Waals surface area (Å²) < 4.78 is 13.7. The predicted octanol–water partition coefficient (Wildman–Crippen LogP) is 1.21. The molecule has 4 amide bonds. The lowest BCUT2D eigenvalue weighted by Crippen LogP contribution is -2.62. The summed E-state index contributed by atoms with van der Waals surface area (Å²) in [6.07, 6.45) is 2.47. The molecule has 0 aromatic heterocycles. The highest BCUT2D eigenvalue weighted by Gasteiger charge is 2.46. The summed E-state index contributed by atoms with van der Waals surface area (Å²) in [5.41, 5.74) is 0.786. The molecule has 0 spiro atoms. The number of fused-ring (bicyclic) bond motifs is 1. The number of benzene rings is 1. The highest BCUT2D eigenvalue weighted by atomic mass is 19.1.